The minimum absolute atomic E-state index is 0.180. The Morgan fingerprint density at radius 1 is 0.926 bits per heavy atom. The summed E-state index contributed by atoms with van der Waals surface area (Å²) in [4.78, 5) is 29.0. The third-order valence-electron chi connectivity index (χ3n) is 5.72. The van der Waals surface area contributed by atoms with Crippen molar-refractivity contribution < 1.29 is 28.5 Å². The van der Waals surface area contributed by atoms with Crippen molar-refractivity contribution in [2.45, 2.75) is 31.1 Å². The maximum atomic E-state index is 13.0. The molecule has 1 aromatic rings. The van der Waals surface area contributed by atoms with Gasteiger partial charge in [0.15, 0.2) is 17.3 Å². The fourth-order valence-corrected chi connectivity index (χ4v) is 4.31. The topological polar surface area (TPSA) is 77.5 Å². The summed E-state index contributed by atoms with van der Waals surface area (Å²) in [7, 11) is 0. The standard InChI is InChI=1S/C19H22N2O6/c22-17-12-14(20-5-3-19(4-6-20)26-9-10-27-19)18(23)21(17)13-1-2-15-16(11-13)25-8-7-24-15/h1-2,11,14H,3-10,12H2. The molecule has 0 bridgehead atoms. The average molecular weight is 374 g/mol. The molecule has 0 saturated carbocycles. The Labute approximate surface area is 156 Å². The summed E-state index contributed by atoms with van der Waals surface area (Å²) in [5, 5.41) is 0. The van der Waals surface area contributed by atoms with Crippen LogP contribution in [0.2, 0.25) is 0 Å². The third kappa shape index (κ3) is 2.88. The van der Waals surface area contributed by atoms with E-state index in [1.54, 1.807) is 18.2 Å². The molecule has 0 aliphatic carbocycles. The number of carbonyl (C=O) groups excluding carboxylic acids is 2. The van der Waals surface area contributed by atoms with E-state index in [2.05, 4.69) is 4.90 Å². The van der Waals surface area contributed by atoms with Gasteiger partial charge in [-0.2, -0.15) is 0 Å². The first-order valence-corrected chi connectivity index (χ1v) is 9.44. The molecule has 3 saturated heterocycles. The fourth-order valence-electron chi connectivity index (χ4n) is 4.31. The van der Waals surface area contributed by atoms with Crippen LogP contribution in [0.25, 0.3) is 0 Å². The highest BCUT2D eigenvalue weighted by molar-refractivity contribution is 6.22. The number of nitrogens with zero attached hydrogens (tertiary/aromatic N) is 2. The SMILES string of the molecule is O=C1CC(N2CCC3(CC2)OCCO3)C(=O)N1c1ccc2c(c1)OCCO2. The smallest absolute Gasteiger partial charge is 0.251 e. The molecule has 144 valence electrons. The van der Waals surface area contributed by atoms with Crippen molar-refractivity contribution in [1.82, 2.24) is 4.90 Å². The molecule has 0 aromatic heterocycles. The van der Waals surface area contributed by atoms with Crippen molar-refractivity contribution in [3.8, 4) is 11.5 Å². The van der Waals surface area contributed by atoms with E-state index in [1.807, 2.05) is 0 Å². The Morgan fingerprint density at radius 2 is 1.63 bits per heavy atom. The number of hydrogen-bond donors (Lipinski definition) is 0. The largest absolute Gasteiger partial charge is 0.486 e. The van der Waals surface area contributed by atoms with E-state index in [4.69, 9.17) is 18.9 Å². The molecular formula is C19H22N2O6. The number of fused-ring (bicyclic) bond motifs is 1. The van der Waals surface area contributed by atoms with E-state index in [9.17, 15) is 9.59 Å². The molecule has 1 atom stereocenters. The van der Waals surface area contributed by atoms with E-state index in [1.165, 1.54) is 4.90 Å². The zero-order valence-corrected chi connectivity index (χ0v) is 15.0. The number of carbonyl (C=O) groups is 2. The predicted octanol–water partition coefficient (Wildman–Crippen LogP) is 0.929. The van der Waals surface area contributed by atoms with Gasteiger partial charge >= 0.3 is 0 Å². The minimum atomic E-state index is -0.488. The zero-order valence-electron chi connectivity index (χ0n) is 15.0. The first-order chi connectivity index (χ1) is 13.2. The second-order valence-electron chi connectivity index (χ2n) is 7.26. The lowest BCUT2D eigenvalue weighted by atomic mass is 10.0. The Hall–Kier alpha value is -2.16. The lowest BCUT2D eigenvalue weighted by Gasteiger charge is -2.39. The van der Waals surface area contributed by atoms with Gasteiger partial charge in [0.25, 0.3) is 5.91 Å². The van der Waals surface area contributed by atoms with Crippen LogP contribution in [0.1, 0.15) is 19.3 Å². The van der Waals surface area contributed by atoms with Crippen LogP contribution in [0, 0.1) is 0 Å². The summed E-state index contributed by atoms with van der Waals surface area (Å²) < 4.78 is 22.6. The van der Waals surface area contributed by atoms with Gasteiger partial charge in [0, 0.05) is 32.0 Å². The molecule has 3 fully saturated rings. The molecule has 0 N–H and O–H groups in total. The number of benzene rings is 1. The van der Waals surface area contributed by atoms with Crippen molar-refractivity contribution in [2.75, 3.05) is 44.4 Å². The van der Waals surface area contributed by atoms with Crippen LogP contribution in [-0.2, 0) is 19.1 Å². The van der Waals surface area contributed by atoms with Crippen LogP contribution < -0.4 is 14.4 Å². The quantitative estimate of drug-likeness (QED) is 0.713. The number of anilines is 1. The molecule has 0 radical (unpaired) electrons. The summed E-state index contributed by atoms with van der Waals surface area (Å²) >= 11 is 0. The monoisotopic (exact) mass is 374 g/mol. The second-order valence-corrected chi connectivity index (χ2v) is 7.26. The highest BCUT2D eigenvalue weighted by atomic mass is 16.7. The molecule has 2 amide bonds. The molecule has 8 nitrogen and oxygen atoms in total. The van der Waals surface area contributed by atoms with E-state index < -0.39 is 11.8 Å². The van der Waals surface area contributed by atoms with Gasteiger partial charge in [-0.05, 0) is 12.1 Å². The first kappa shape index (κ1) is 17.0. The van der Waals surface area contributed by atoms with Gasteiger partial charge in [-0.3, -0.25) is 14.5 Å². The lowest BCUT2D eigenvalue weighted by molar-refractivity contribution is -0.188. The van der Waals surface area contributed by atoms with Crippen LogP contribution in [0.15, 0.2) is 18.2 Å². The van der Waals surface area contributed by atoms with E-state index >= 15 is 0 Å². The molecule has 27 heavy (non-hydrogen) atoms. The number of amides is 2. The van der Waals surface area contributed by atoms with E-state index in [0.29, 0.717) is 56.7 Å². The van der Waals surface area contributed by atoms with Gasteiger partial charge in [0.1, 0.15) is 13.2 Å². The van der Waals surface area contributed by atoms with E-state index in [-0.39, 0.29) is 18.2 Å². The molecule has 1 spiro atoms. The van der Waals surface area contributed by atoms with Gasteiger partial charge in [-0.15, -0.1) is 0 Å². The highest BCUT2D eigenvalue weighted by Gasteiger charge is 2.47. The molecule has 4 aliphatic heterocycles. The lowest BCUT2D eigenvalue weighted by Crippen LogP contribution is -2.51. The van der Waals surface area contributed by atoms with Crippen LogP contribution in [0.5, 0.6) is 11.5 Å². The number of piperidine rings is 1. The number of rotatable bonds is 2. The summed E-state index contributed by atoms with van der Waals surface area (Å²) in [5.74, 6) is 0.352. The first-order valence-electron chi connectivity index (χ1n) is 9.44. The van der Waals surface area contributed by atoms with Crippen LogP contribution in [-0.4, -0.2) is 68.1 Å². The van der Waals surface area contributed by atoms with Crippen LogP contribution >= 0.6 is 0 Å². The van der Waals surface area contributed by atoms with Crippen molar-refractivity contribution >= 4 is 17.5 Å². The van der Waals surface area contributed by atoms with Gasteiger partial charge in [0.05, 0.1) is 31.4 Å². The van der Waals surface area contributed by atoms with Crippen molar-refractivity contribution in [3.05, 3.63) is 18.2 Å². The Bertz CT molecular complexity index is 765. The molecule has 4 heterocycles. The molecule has 8 heteroatoms. The third-order valence-corrected chi connectivity index (χ3v) is 5.72. The molecule has 1 aromatic carbocycles. The van der Waals surface area contributed by atoms with Crippen LogP contribution in [0.4, 0.5) is 5.69 Å². The number of imide groups is 1. The maximum absolute atomic E-state index is 13.0. The number of hydrogen-bond acceptors (Lipinski definition) is 7. The number of likely N-dealkylation sites (tertiary alicyclic amines) is 1. The summed E-state index contributed by atoms with van der Waals surface area (Å²) in [6.45, 7) is 3.56. The second kappa shape index (κ2) is 6.47. The summed E-state index contributed by atoms with van der Waals surface area (Å²) in [5.41, 5.74) is 0.535. The minimum Gasteiger partial charge on any atom is -0.486 e. The molecule has 4 aliphatic rings. The summed E-state index contributed by atoms with van der Waals surface area (Å²) in [6, 6.07) is 4.76. The zero-order chi connectivity index (χ0) is 18.4. The Morgan fingerprint density at radius 3 is 2.37 bits per heavy atom. The Balaban J connectivity index is 1.32. The fraction of sp³-hybridized carbons (Fsp3) is 0.579. The van der Waals surface area contributed by atoms with E-state index in [0.717, 1.165) is 12.8 Å². The van der Waals surface area contributed by atoms with Gasteiger partial charge in [-0.25, -0.2) is 4.90 Å². The summed E-state index contributed by atoms with van der Waals surface area (Å²) in [6.07, 6.45) is 1.63. The van der Waals surface area contributed by atoms with Gasteiger partial charge in [-0.1, -0.05) is 0 Å². The maximum Gasteiger partial charge on any atom is 0.251 e. The van der Waals surface area contributed by atoms with Crippen molar-refractivity contribution in [3.63, 3.8) is 0 Å². The van der Waals surface area contributed by atoms with Crippen LogP contribution in [0.3, 0.4) is 0 Å². The van der Waals surface area contributed by atoms with Crippen molar-refractivity contribution in [1.29, 1.82) is 0 Å². The normalized spacial score (nSPS) is 27.6. The molecular weight excluding hydrogens is 352 g/mol. The average Bonchev–Trinajstić information content (AvgIpc) is 3.26. The highest BCUT2D eigenvalue weighted by Crippen LogP contribution is 2.37. The molecule has 5 rings (SSSR count). The molecule has 1 unspecified atom stereocenters. The number of ether oxygens (including phenoxy) is 4. The van der Waals surface area contributed by atoms with Gasteiger partial charge in [0.2, 0.25) is 5.91 Å². The predicted molar refractivity (Wildman–Crippen MR) is 93.8 cm³/mol. The van der Waals surface area contributed by atoms with Crippen molar-refractivity contribution in [2.24, 2.45) is 0 Å². The Kier molecular flexibility index (Phi) is 4.07. The van der Waals surface area contributed by atoms with Gasteiger partial charge < -0.3 is 18.9 Å².